The third-order valence-corrected chi connectivity index (χ3v) is 6.26. The van der Waals surface area contributed by atoms with Gasteiger partial charge in [-0.2, -0.15) is 0 Å². The number of rotatable bonds is 10. The Bertz CT molecular complexity index is 1240. The summed E-state index contributed by atoms with van der Waals surface area (Å²) in [5, 5.41) is 4.96. The van der Waals surface area contributed by atoms with Gasteiger partial charge in [-0.05, 0) is 11.5 Å². The van der Waals surface area contributed by atoms with E-state index in [9.17, 15) is 13.2 Å². The molecule has 0 aliphatic heterocycles. The molecule has 0 atom stereocenters. The van der Waals surface area contributed by atoms with E-state index in [0.717, 1.165) is 21.3 Å². The summed E-state index contributed by atoms with van der Waals surface area (Å²) in [4.78, 5) is 12.5. The smallest absolute Gasteiger partial charge is 0.240 e. The molecule has 3 rings (SSSR count). The van der Waals surface area contributed by atoms with Crippen LogP contribution in [0.2, 0.25) is 5.02 Å². The van der Waals surface area contributed by atoms with Gasteiger partial charge in [-0.25, -0.2) is 8.42 Å². The molecule has 0 saturated heterocycles. The van der Waals surface area contributed by atoms with E-state index >= 15 is 0 Å². The SMILES string of the molecule is COc1cc(N(CC(=O)NCCOc2cccc3ccccc23)S(C)(=O)=O)c(OC)cc1Cl. The molecular weight excluding hydrogens is 468 g/mol. The fourth-order valence-corrected chi connectivity index (χ4v) is 4.36. The quantitative estimate of drug-likeness (QED) is 0.435. The average Bonchev–Trinajstić information content (AvgIpc) is 2.79. The number of sulfonamides is 1. The Kier molecular flexibility index (Phi) is 7.88. The van der Waals surface area contributed by atoms with Gasteiger partial charge in [0.05, 0.1) is 37.7 Å². The van der Waals surface area contributed by atoms with Crippen LogP contribution < -0.4 is 23.8 Å². The first-order chi connectivity index (χ1) is 15.7. The van der Waals surface area contributed by atoms with Crippen LogP contribution in [-0.4, -0.2) is 54.5 Å². The molecule has 1 amide bonds. The summed E-state index contributed by atoms with van der Waals surface area (Å²) in [7, 11) is -1.03. The molecule has 0 unspecified atom stereocenters. The van der Waals surface area contributed by atoms with Crippen LogP contribution in [0.15, 0.2) is 54.6 Å². The van der Waals surface area contributed by atoms with Crippen LogP contribution >= 0.6 is 11.6 Å². The van der Waals surface area contributed by atoms with Crippen molar-refractivity contribution in [1.82, 2.24) is 5.32 Å². The van der Waals surface area contributed by atoms with Gasteiger partial charge < -0.3 is 19.5 Å². The third-order valence-electron chi connectivity index (χ3n) is 4.84. The molecule has 176 valence electrons. The molecule has 0 heterocycles. The first-order valence-corrected chi connectivity index (χ1v) is 12.2. The number of benzene rings is 3. The number of amides is 1. The monoisotopic (exact) mass is 492 g/mol. The van der Waals surface area contributed by atoms with E-state index in [1.165, 1.54) is 26.4 Å². The fourth-order valence-electron chi connectivity index (χ4n) is 3.28. The van der Waals surface area contributed by atoms with Crippen molar-refractivity contribution in [2.24, 2.45) is 0 Å². The summed E-state index contributed by atoms with van der Waals surface area (Å²) in [5.74, 6) is 0.652. The third kappa shape index (κ3) is 6.00. The molecule has 0 spiro atoms. The van der Waals surface area contributed by atoms with Crippen molar-refractivity contribution < 1.29 is 27.4 Å². The predicted molar refractivity (Wildman–Crippen MR) is 129 cm³/mol. The topological polar surface area (TPSA) is 94.2 Å². The molecule has 0 aliphatic rings. The number of methoxy groups -OCH3 is 2. The maximum absolute atomic E-state index is 12.5. The number of fused-ring (bicyclic) bond motifs is 1. The van der Waals surface area contributed by atoms with Gasteiger partial charge in [0.2, 0.25) is 15.9 Å². The first-order valence-electron chi connectivity index (χ1n) is 10.0. The van der Waals surface area contributed by atoms with Crippen LogP contribution in [-0.2, 0) is 14.8 Å². The van der Waals surface area contributed by atoms with Crippen LogP contribution in [0.1, 0.15) is 0 Å². The zero-order valence-corrected chi connectivity index (χ0v) is 20.1. The Morgan fingerprint density at radius 2 is 1.70 bits per heavy atom. The highest BCUT2D eigenvalue weighted by atomic mass is 35.5. The Balaban J connectivity index is 1.67. The lowest BCUT2D eigenvalue weighted by molar-refractivity contribution is -0.119. The van der Waals surface area contributed by atoms with Gasteiger partial charge in [0.25, 0.3) is 0 Å². The molecule has 10 heteroatoms. The number of carbonyl (C=O) groups is 1. The second kappa shape index (κ2) is 10.6. The van der Waals surface area contributed by atoms with Crippen LogP contribution in [0.4, 0.5) is 5.69 Å². The Morgan fingerprint density at radius 3 is 2.39 bits per heavy atom. The van der Waals surface area contributed by atoms with Crippen molar-refractivity contribution in [2.75, 3.05) is 44.5 Å². The lowest BCUT2D eigenvalue weighted by Gasteiger charge is -2.24. The highest BCUT2D eigenvalue weighted by Gasteiger charge is 2.25. The zero-order valence-electron chi connectivity index (χ0n) is 18.5. The summed E-state index contributed by atoms with van der Waals surface area (Å²) < 4.78 is 42.1. The van der Waals surface area contributed by atoms with Crippen molar-refractivity contribution in [1.29, 1.82) is 0 Å². The normalized spacial score (nSPS) is 11.2. The summed E-state index contributed by atoms with van der Waals surface area (Å²) in [6.07, 6.45) is 1.00. The summed E-state index contributed by atoms with van der Waals surface area (Å²) in [5.41, 5.74) is 0.142. The van der Waals surface area contributed by atoms with Gasteiger partial charge in [-0.15, -0.1) is 0 Å². The minimum Gasteiger partial charge on any atom is -0.495 e. The van der Waals surface area contributed by atoms with Gasteiger partial charge in [0, 0.05) is 17.5 Å². The molecule has 3 aromatic carbocycles. The lowest BCUT2D eigenvalue weighted by Crippen LogP contribution is -2.41. The van der Waals surface area contributed by atoms with Gasteiger partial charge in [0.1, 0.15) is 30.4 Å². The van der Waals surface area contributed by atoms with Crippen LogP contribution in [0.5, 0.6) is 17.2 Å². The predicted octanol–water partition coefficient (Wildman–Crippen LogP) is 3.47. The number of nitrogens with one attached hydrogen (secondary N) is 1. The second-order valence-corrected chi connectivity index (χ2v) is 9.42. The van der Waals surface area contributed by atoms with Crippen molar-refractivity contribution in [3.8, 4) is 17.2 Å². The molecule has 0 radical (unpaired) electrons. The van der Waals surface area contributed by atoms with E-state index in [4.69, 9.17) is 25.8 Å². The van der Waals surface area contributed by atoms with Crippen molar-refractivity contribution in [3.63, 3.8) is 0 Å². The van der Waals surface area contributed by atoms with E-state index in [1.54, 1.807) is 0 Å². The zero-order chi connectivity index (χ0) is 24.0. The number of hydrogen-bond donors (Lipinski definition) is 1. The van der Waals surface area contributed by atoms with Crippen molar-refractivity contribution in [2.45, 2.75) is 0 Å². The Morgan fingerprint density at radius 1 is 1.00 bits per heavy atom. The highest BCUT2D eigenvalue weighted by Crippen LogP contribution is 2.38. The van der Waals surface area contributed by atoms with Gasteiger partial charge in [-0.1, -0.05) is 48.0 Å². The minimum absolute atomic E-state index is 0.142. The largest absolute Gasteiger partial charge is 0.495 e. The molecule has 3 aromatic rings. The number of hydrogen-bond acceptors (Lipinski definition) is 6. The fraction of sp³-hybridized carbons (Fsp3) is 0.261. The van der Waals surface area contributed by atoms with Crippen molar-refractivity contribution in [3.05, 3.63) is 59.6 Å². The Hall–Kier alpha value is -3.17. The number of halogens is 1. The number of nitrogens with zero attached hydrogens (tertiary/aromatic N) is 1. The van der Waals surface area contributed by atoms with E-state index in [1.807, 2.05) is 42.5 Å². The van der Waals surface area contributed by atoms with E-state index in [2.05, 4.69) is 5.32 Å². The van der Waals surface area contributed by atoms with Crippen LogP contribution in [0.3, 0.4) is 0 Å². The van der Waals surface area contributed by atoms with Crippen LogP contribution in [0, 0.1) is 0 Å². The molecule has 0 aromatic heterocycles. The maximum atomic E-state index is 12.5. The maximum Gasteiger partial charge on any atom is 0.240 e. The number of ether oxygens (including phenoxy) is 3. The summed E-state index contributed by atoms with van der Waals surface area (Å²) in [6.45, 7) is -0.0360. The van der Waals surface area contributed by atoms with E-state index in [-0.39, 0.29) is 35.4 Å². The van der Waals surface area contributed by atoms with E-state index < -0.39 is 22.5 Å². The molecular formula is C23H25ClN2O6S. The highest BCUT2D eigenvalue weighted by molar-refractivity contribution is 7.92. The van der Waals surface area contributed by atoms with Crippen LogP contribution in [0.25, 0.3) is 10.8 Å². The number of carbonyl (C=O) groups excluding carboxylic acids is 1. The summed E-state index contributed by atoms with van der Waals surface area (Å²) in [6, 6.07) is 16.4. The molecule has 8 nitrogen and oxygen atoms in total. The van der Waals surface area contributed by atoms with Gasteiger partial charge in [-0.3, -0.25) is 9.10 Å². The molecule has 0 bridgehead atoms. The van der Waals surface area contributed by atoms with Crippen molar-refractivity contribution >= 4 is 44.0 Å². The van der Waals surface area contributed by atoms with Gasteiger partial charge in [0.15, 0.2) is 0 Å². The molecule has 1 N–H and O–H groups in total. The lowest BCUT2D eigenvalue weighted by atomic mass is 10.1. The molecule has 33 heavy (non-hydrogen) atoms. The number of anilines is 1. The second-order valence-electron chi connectivity index (χ2n) is 7.10. The molecule has 0 saturated carbocycles. The Labute approximate surface area is 198 Å². The van der Waals surface area contributed by atoms with Gasteiger partial charge >= 0.3 is 0 Å². The molecule has 0 fully saturated rings. The van der Waals surface area contributed by atoms with E-state index in [0.29, 0.717) is 5.75 Å². The molecule has 0 aliphatic carbocycles. The summed E-state index contributed by atoms with van der Waals surface area (Å²) >= 11 is 6.11. The first kappa shape index (κ1) is 24.5. The minimum atomic E-state index is -3.82. The standard InChI is InChI=1S/C23H25ClN2O6S/c1-30-21-14-19(22(31-2)13-18(21)24)26(33(3,28)29)15-23(27)25-11-12-32-20-10-6-8-16-7-4-5-9-17(16)20/h4-10,13-14H,11-12,15H2,1-3H3,(H,25,27). The average molecular weight is 493 g/mol.